The Hall–Kier alpha value is -0.480. The summed E-state index contributed by atoms with van der Waals surface area (Å²) in [7, 11) is 0. The summed E-state index contributed by atoms with van der Waals surface area (Å²) in [6.07, 6.45) is 5.46. The first-order valence-electron chi connectivity index (χ1n) is 2.86. The van der Waals surface area contributed by atoms with E-state index in [9.17, 15) is 0 Å². The number of rotatable bonds is 2. The smallest absolute Gasteiger partial charge is 0.0672 e. The van der Waals surface area contributed by atoms with Crippen LogP contribution in [-0.2, 0) is 0 Å². The van der Waals surface area contributed by atoms with Gasteiger partial charge in [-0.05, 0) is 13.3 Å². The van der Waals surface area contributed by atoms with E-state index in [2.05, 4.69) is 5.92 Å². The zero-order valence-corrected chi connectivity index (χ0v) is 5.39. The van der Waals surface area contributed by atoms with Crippen LogP contribution in [0.2, 0.25) is 0 Å². The van der Waals surface area contributed by atoms with E-state index in [1.807, 2.05) is 13.8 Å². The van der Waals surface area contributed by atoms with Crippen molar-refractivity contribution in [3.05, 3.63) is 0 Å². The summed E-state index contributed by atoms with van der Waals surface area (Å²) in [5, 5.41) is 8.98. The zero-order valence-electron chi connectivity index (χ0n) is 5.39. The number of hydrogen-bond acceptors (Lipinski definition) is 1. The number of terminal acetylenes is 1. The largest absolute Gasteiger partial charge is 0.392 e. The fourth-order valence-corrected chi connectivity index (χ4v) is 0.465. The van der Waals surface area contributed by atoms with Gasteiger partial charge in [0.1, 0.15) is 0 Å². The molecule has 0 saturated carbocycles. The van der Waals surface area contributed by atoms with Crippen LogP contribution in [0.3, 0.4) is 0 Å². The van der Waals surface area contributed by atoms with Crippen molar-refractivity contribution in [3.63, 3.8) is 0 Å². The molecule has 0 aromatic heterocycles. The molecule has 46 valence electrons. The van der Waals surface area contributed by atoms with Crippen molar-refractivity contribution in [1.29, 1.82) is 0 Å². The maximum absolute atomic E-state index is 8.98. The van der Waals surface area contributed by atoms with E-state index < -0.39 is 0 Å². The molecule has 0 radical (unpaired) electrons. The quantitative estimate of drug-likeness (QED) is 0.529. The average Bonchev–Trinajstić information content (AvgIpc) is 1.84. The van der Waals surface area contributed by atoms with Gasteiger partial charge < -0.3 is 5.11 Å². The van der Waals surface area contributed by atoms with E-state index in [0.717, 1.165) is 6.42 Å². The molecule has 2 unspecified atom stereocenters. The van der Waals surface area contributed by atoms with E-state index in [1.54, 1.807) is 0 Å². The van der Waals surface area contributed by atoms with Crippen LogP contribution < -0.4 is 0 Å². The first-order valence-corrected chi connectivity index (χ1v) is 2.86. The van der Waals surface area contributed by atoms with Gasteiger partial charge in [0.2, 0.25) is 0 Å². The van der Waals surface area contributed by atoms with Crippen LogP contribution >= 0.6 is 0 Å². The summed E-state index contributed by atoms with van der Waals surface area (Å²) in [6.45, 7) is 3.76. The van der Waals surface area contributed by atoms with Gasteiger partial charge in [-0.25, -0.2) is 0 Å². The van der Waals surface area contributed by atoms with Crippen molar-refractivity contribution < 1.29 is 5.11 Å². The summed E-state index contributed by atoms with van der Waals surface area (Å²) in [5.41, 5.74) is 0. The second-order valence-electron chi connectivity index (χ2n) is 1.93. The van der Waals surface area contributed by atoms with Gasteiger partial charge in [-0.15, -0.1) is 12.3 Å². The highest BCUT2D eigenvalue weighted by Gasteiger charge is 2.06. The molecule has 0 aliphatic rings. The molecule has 0 aromatic carbocycles. The van der Waals surface area contributed by atoms with Crippen LogP contribution in [0.4, 0.5) is 0 Å². The average molecular weight is 112 g/mol. The predicted molar refractivity (Wildman–Crippen MR) is 34.3 cm³/mol. The minimum absolute atomic E-state index is 0.000000000000000444. The molecule has 0 spiro atoms. The maximum atomic E-state index is 8.98. The molecule has 0 aliphatic carbocycles. The van der Waals surface area contributed by atoms with Gasteiger partial charge in [0.05, 0.1) is 6.10 Å². The molecule has 0 aromatic rings. The van der Waals surface area contributed by atoms with Crippen molar-refractivity contribution in [3.8, 4) is 12.3 Å². The molecular weight excluding hydrogens is 100 g/mol. The molecule has 1 heteroatoms. The van der Waals surface area contributed by atoms with Crippen molar-refractivity contribution in [2.45, 2.75) is 26.4 Å². The van der Waals surface area contributed by atoms with Crippen LogP contribution in [0.15, 0.2) is 0 Å². The minimum atomic E-state index is -0.319. The second kappa shape index (κ2) is 3.51. The zero-order chi connectivity index (χ0) is 6.57. The van der Waals surface area contributed by atoms with Gasteiger partial charge in [0.15, 0.2) is 0 Å². The molecular formula is C7H12O. The number of aliphatic hydroxyl groups is 1. The summed E-state index contributed by atoms with van der Waals surface area (Å²) in [5.74, 6) is 2.47. The lowest BCUT2D eigenvalue weighted by Crippen LogP contribution is -2.13. The highest BCUT2D eigenvalue weighted by Crippen LogP contribution is 2.03. The van der Waals surface area contributed by atoms with Gasteiger partial charge >= 0.3 is 0 Å². The van der Waals surface area contributed by atoms with Gasteiger partial charge in [0, 0.05) is 5.92 Å². The molecule has 8 heavy (non-hydrogen) atoms. The molecule has 0 rings (SSSR count). The Morgan fingerprint density at radius 1 is 1.75 bits per heavy atom. The minimum Gasteiger partial charge on any atom is -0.392 e. The Labute approximate surface area is 50.7 Å². The van der Waals surface area contributed by atoms with Crippen LogP contribution in [0.1, 0.15) is 20.3 Å². The Morgan fingerprint density at radius 2 is 2.25 bits per heavy atom. The molecule has 2 atom stereocenters. The Bertz CT molecular complexity index is 91.1. The SMILES string of the molecule is C#CC(C)C(O)CC. The van der Waals surface area contributed by atoms with Crippen LogP contribution in [0.25, 0.3) is 0 Å². The molecule has 0 heterocycles. The second-order valence-corrected chi connectivity index (χ2v) is 1.93. The number of aliphatic hydroxyl groups excluding tert-OH is 1. The fraction of sp³-hybridized carbons (Fsp3) is 0.714. The van der Waals surface area contributed by atoms with Gasteiger partial charge in [-0.2, -0.15) is 0 Å². The lowest BCUT2D eigenvalue weighted by molar-refractivity contribution is 0.137. The summed E-state index contributed by atoms with van der Waals surface area (Å²) >= 11 is 0. The molecule has 0 amide bonds. The van der Waals surface area contributed by atoms with E-state index in [-0.39, 0.29) is 12.0 Å². The Balaban J connectivity index is 3.49. The van der Waals surface area contributed by atoms with Crippen molar-refractivity contribution in [2.75, 3.05) is 0 Å². The molecule has 0 bridgehead atoms. The Kier molecular flexibility index (Phi) is 3.30. The first kappa shape index (κ1) is 7.52. The van der Waals surface area contributed by atoms with Crippen molar-refractivity contribution in [2.24, 2.45) is 5.92 Å². The normalized spacial score (nSPS) is 16.8. The van der Waals surface area contributed by atoms with E-state index in [4.69, 9.17) is 11.5 Å². The van der Waals surface area contributed by atoms with Gasteiger partial charge in [-0.1, -0.05) is 6.92 Å². The molecule has 0 fully saturated rings. The van der Waals surface area contributed by atoms with Crippen LogP contribution in [0.5, 0.6) is 0 Å². The highest BCUT2D eigenvalue weighted by molar-refractivity contribution is 4.93. The first-order chi connectivity index (χ1) is 3.72. The van der Waals surface area contributed by atoms with E-state index >= 15 is 0 Å². The monoisotopic (exact) mass is 112 g/mol. The topological polar surface area (TPSA) is 20.2 Å². The van der Waals surface area contributed by atoms with Crippen LogP contribution in [0, 0.1) is 18.3 Å². The third-order valence-corrected chi connectivity index (χ3v) is 1.26. The Morgan fingerprint density at radius 3 is 2.38 bits per heavy atom. The summed E-state index contributed by atoms with van der Waals surface area (Å²) in [4.78, 5) is 0. The van der Waals surface area contributed by atoms with Gasteiger partial charge in [0.25, 0.3) is 0 Å². The summed E-state index contributed by atoms with van der Waals surface area (Å²) < 4.78 is 0. The molecule has 0 aliphatic heterocycles. The maximum Gasteiger partial charge on any atom is 0.0672 e. The van der Waals surface area contributed by atoms with Crippen molar-refractivity contribution >= 4 is 0 Å². The molecule has 1 N–H and O–H groups in total. The molecule has 1 nitrogen and oxygen atoms in total. The lowest BCUT2D eigenvalue weighted by atomic mass is 10.0. The standard InChI is InChI=1S/C7H12O/c1-4-6(3)7(8)5-2/h1,6-8H,5H2,2-3H3. The third kappa shape index (κ3) is 1.99. The fourth-order valence-electron chi connectivity index (χ4n) is 0.465. The van der Waals surface area contributed by atoms with Crippen molar-refractivity contribution in [1.82, 2.24) is 0 Å². The highest BCUT2D eigenvalue weighted by atomic mass is 16.3. The van der Waals surface area contributed by atoms with E-state index in [1.165, 1.54) is 0 Å². The molecule has 0 saturated heterocycles. The summed E-state index contributed by atoms with van der Waals surface area (Å²) in [6, 6.07) is 0. The van der Waals surface area contributed by atoms with E-state index in [0.29, 0.717) is 0 Å². The van der Waals surface area contributed by atoms with Gasteiger partial charge in [-0.3, -0.25) is 0 Å². The number of hydrogen-bond donors (Lipinski definition) is 1. The third-order valence-electron chi connectivity index (χ3n) is 1.26. The predicted octanol–water partition coefficient (Wildman–Crippen LogP) is 1.03. The van der Waals surface area contributed by atoms with Crippen LogP contribution in [-0.4, -0.2) is 11.2 Å². The lowest BCUT2D eigenvalue weighted by Gasteiger charge is -2.08.